The Kier molecular flexibility index (Phi) is 8.28. The van der Waals surface area contributed by atoms with E-state index in [0.29, 0.717) is 11.3 Å². The van der Waals surface area contributed by atoms with E-state index in [9.17, 15) is 10.2 Å². The number of hydrogen-bond acceptors (Lipinski definition) is 5. The monoisotopic (exact) mass is 468 g/mol. The molecule has 9 heteroatoms. The van der Waals surface area contributed by atoms with Gasteiger partial charge in [-0.05, 0) is 41.9 Å². The fraction of sp³-hybridized carbons (Fsp3) is 0.333. The van der Waals surface area contributed by atoms with Crippen LogP contribution in [0, 0.1) is 0 Å². The van der Waals surface area contributed by atoms with Crippen molar-refractivity contribution < 1.29 is 34.8 Å². The second kappa shape index (κ2) is 8.93. The van der Waals surface area contributed by atoms with Crippen molar-refractivity contribution in [2.45, 2.75) is 33.3 Å². The smallest absolute Gasteiger partial charge is 0.300 e. The first-order valence-electron chi connectivity index (χ1n) is 6.50. The topological polar surface area (TPSA) is 124 Å². The highest BCUT2D eigenvalue weighted by Gasteiger charge is 2.35. The number of carbonyl (C=O) groups is 2. The molecule has 7 nitrogen and oxygen atoms in total. The van der Waals surface area contributed by atoms with Crippen LogP contribution >= 0.6 is 31.9 Å². The first kappa shape index (κ1) is 22.3. The predicted molar refractivity (Wildman–Crippen MR) is 95.9 cm³/mol. The molecule has 0 aliphatic carbocycles. The van der Waals surface area contributed by atoms with Crippen LogP contribution in [-0.4, -0.2) is 38.0 Å². The lowest BCUT2D eigenvalue weighted by atomic mass is 10.0. The maximum absolute atomic E-state index is 9.75. The Morgan fingerprint density at radius 1 is 1.04 bits per heavy atom. The Labute approximate surface area is 155 Å². The van der Waals surface area contributed by atoms with E-state index < -0.39 is 17.5 Å². The molecule has 2 rings (SSSR count). The Morgan fingerprint density at radius 2 is 1.46 bits per heavy atom. The van der Waals surface area contributed by atoms with E-state index in [4.69, 9.17) is 24.5 Å². The fourth-order valence-electron chi connectivity index (χ4n) is 1.52. The molecule has 1 aromatic carbocycles. The number of phenolic OH excluding ortho intramolecular Hbond substituents is 2. The molecule has 1 heterocycles. The van der Waals surface area contributed by atoms with E-state index in [1.807, 2.05) is 13.8 Å². The zero-order valence-corrected chi connectivity index (χ0v) is 16.6. The Balaban J connectivity index is 0.000000558. The van der Waals surface area contributed by atoms with Gasteiger partial charge in [-0.2, -0.15) is 0 Å². The largest absolute Gasteiger partial charge is 0.504 e. The molecule has 0 atom stereocenters. The van der Waals surface area contributed by atoms with Gasteiger partial charge in [0.05, 0.1) is 4.48 Å². The van der Waals surface area contributed by atoms with E-state index >= 15 is 0 Å². The second-order valence-electron chi connectivity index (χ2n) is 5.09. The van der Waals surface area contributed by atoms with Crippen molar-refractivity contribution in [3.63, 3.8) is 0 Å². The lowest BCUT2D eigenvalue weighted by Crippen LogP contribution is -2.31. The minimum atomic E-state index is -0.833. The van der Waals surface area contributed by atoms with Crippen LogP contribution in [0.2, 0.25) is 0 Å². The van der Waals surface area contributed by atoms with E-state index in [1.54, 1.807) is 6.07 Å². The summed E-state index contributed by atoms with van der Waals surface area (Å²) in [4.78, 5) is 18.0. The van der Waals surface area contributed by atoms with Crippen molar-refractivity contribution in [3.8, 4) is 17.2 Å². The highest BCUT2D eigenvalue weighted by Crippen LogP contribution is 2.51. The first-order valence-corrected chi connectivity index (χ1v) is 8.09. The fourth-order valence-corrected chi connectivity index (χ4v) is 2.60. The van der Waals surface area contributed by atoms with Crippen molar-refractivity contribution in [1.29, 1.82) is 0 Å². The van der Waals surface area contributed by atoms with Gasteiger partial charge in [-0.3, -0.25) is 9.59 Å². The summed E-state index contributed by atoms with van der Waals surface area (Å²) in [6, 6.07) is 3.11. The number of carboxylic acids is 2. The van der Waals surface area contributed by atoms with Gasteiger partial charge in [0.2, 0.25) is 5.75 Å². The van der Waals surface area contributed by atoms with Crippen LogP contribution in [0.5, 0.6) is 17.2 Å². The SMILES string of the molecule is CC(=O)O.CC(=O)O.CC1(C)Oc2c(ccc(O)c2O)C(Br)=C1Br. The van der Waals surface area contributed by atoms with Crippen molar-refractivity contribution >= 4 is 48.3 Å². The van der Waals surface area contributed by atoms with E-state index in [1.165, 1.54) is 6.07 Å². The number of aliphatic carboxylic acids is 2. The van der Waals surface area contributed by atoms with Crippen LogP contribution in [-0.2, 0) is 9.59 Å². The molecule has 0 unspecified atom stereocenters. The molecule has 0 saturated carbocycles. The number of ether oxygens (including phenoxy) is 1. The summed E-state index contributed by atoms with van der Waals surface area (Å²) >= 11 is 6.90. The lowest BCUT2D eigenvalue weighted by molar-refractivity contribution is -0.135. The summed E-state index contributed by atoms with van der Waals surface area (Å²) in [5.74, 6) is -1.80. The summed E-state index contributed by atoms with van der Waals surface area (Å²) in [5, 5.41) is 34.0. The molecule has 1 aliphatic rings. The van der Waals surface area contributed by atoms with Gasteiger partial charge in [0.25, 0.3) is 11.9 Å². The number of hydrogen-bond donors (Lipinski definition) is 4. The van der Waals surface area contributed by atoms with Crippen LogP contribution in [0.15, 0.2) is 16.6 Å². The van der Waals surface area contributed by atoms with E-state index in [0.717, 1.165) is 22.8 Å². The number of aromatic hydroxyl groups is 2. The molecule has 0 fully saturated rings. The van der Waals surface area contributed by atoms with Gasteiger partial charge < -0.3 is 25.2 Å². The zero-order valence-electron chi connectivity index (χ0n) is 13.4. The maximum atomic E-state index is 9.75. The maximum Gasteiger partial charge on any atom is 0.300 e. The number of carboxylic acid groups (broad SMARTS) is 2. The molecule has 0 spiro atoms. The molecular weight excluding hydrogens is 452 g/mol. The van der Waals surface area contributed by atoms with Crippen LogP contribution in [0.25, 0.3) is 4.48 Å². The Bertz CT molecular complexity index is 646. The molecule has 0 aromatic heterocycles. The normalized spacial score (nSPS) is 14.1. The molecule has 0 saturated heterocycles. The van der Waals surface area contributed by atoms with Crippen LogP contribution < -0.4 is 4.74 Å². The number of halogens is 2. The van der Waals surface area contributed by atoms with Crippen LogP contribution in [0.1, 0.15) is 33.3 Å². The molecule has 134 valence electrons. The van der Waals surface area contributed by atoms with Crippen LogP contribution in [0.4, 0.5) is 0 Å². The van der Waals surface area contributed by atoms with Gasteiger partial charge in [0.15, 0.2) is 11.5 Å². The van der Waals surface area contributed by atoms with E-state index in [2.05, 4.69) is 31.9 Å². The first-order chi connectivity index (χ1) is 10.8. The van der Waals surface area contributed by atoms with Gasteiger partial charge in [-0.25, -0.2) is 0 Å². The highest BCUT2D eigenvalue weighted by molar-refractivity contribution is 9.16. The summed E-state index contributed by atoms with van der Waals surface area (Å²) in [7, 11) is 0. The number of benzene rings is 1. The molecule has 0 radical (unpaired) electrons. The number of fused-ring (bicyclic) bond motifs is 1. The average Bonchev–Trinajstić information content (AvgIpc) is 2.40. The molecule has 24 heavy (non-hydrogen) atoms. The van der Waals surface area contributed by atoms with Crippen molar-refractivity contribution in [2.75, 3.05) is 0 Å². The molecule has 1 aliphatic heterocycles. The Morgan fingerprint density at radius 3 is 1.88 bits per heavy atom. The predicted octanol–water partition coefficient (Wildman–Crippen LogP) is 3.91. The molecule has 0 amide bonds. The number of phenols is 2. The standard InChI is InChI=1S/C11H10Br2O3.2C2H4O2/c1-11(2)10(13)7(12)5-3-4-6(14)8(15)9(5)16-11;2*1-2(3)4/h3-4,14-15H,1-2H3;2*1H3,(H,3,4). The van der Waals surface area contributed by atoms with Crippen molar-refractivity contribution in [1.82, 2.24) is 0 Å². The Hall–Kier alpha value is -1.74. The third-order valence-electron chi connectivity index (χ3n) is 2.43. The highest BCUT2D eigenvalue weighted by atomic mass is 79.9. The summed E-state index contributed by atoms with van der Waals surface area (Å²) in [6.45, 7) is 5.90. The minimum Gasteiger partial charge on any atom is -0.504 e. The van der Waals surface area contributed by atoms with Crippen molar-refractivity contribution in [2.24, 2.45) is 0 Å². The summed E-state index contributed by atoms with van der Waals surface area (Å²) in [6.07, 6.45) is 0. The van der Waals surface area contributed by atoms with Gasteiger partial charge in [-0.15, -0.1) is 0 Å². The van der Waals surface area contributed by atoms with Crippen LogP contribution in [0.3, 0.4) is 0 Å². The lowest BCUT2D eigenvalue weighted by Gasteiger charge is -2.33. The summed E-state index contributed by atoms with van der Waals surface area (Å²) in [5.41, 5.74) is 0.124. The van der Waals surface area contributed by atoms with Gasteiger partial charge >= 0.3 is 0 Å². The zero-order chi connectivity index (χ0) is 19.2. The summed E-state index contributed by atoms with van der Waals surface area (Å²) < 4.78 is 7.34. The molecule has 0 bridgehead atoms. The minimum absolute atomic E-state index is 0.187. The number of rotatable bonds is 0. The molecule has 4 N–H and O–H groups in total. The van der Waals surface area contributed by atoms with E-state index in [-0.39, 0.29) is 11.5 Å². The second-order valence-corrected chi connectivity index (χ2v) is 6.67. The third-order valence-corrected chi connectivity index (χ3v) is 5.13. The van der Waals surface area contributed by atoms with Gasteiger partial charge in [-0.1, -0.05) is 15.9 Å². The van der Waals surface area contributed by atoms with Gasteiger partial charge in [0, 0.05) is 23.9 Å². The molecule has 1 aromatic rings. The average molecular weight is 470 g/mol. The van der Waals surface area contributed by atoms with Crippen molar-refractivity contribution in [3.05, 3.63) is 22.2 Å². The quantitative estimate of drug-likeness (QED) is 0.424. The van der Waals surface area contributed by atoms with Gasteiger partial charge in [0.1, 0.15) is 5.60 Å². The third kappa shape index (κ3) is 6.40. The molecular formula is C15H18Br2O7.